The molecule has 1 heterocycles. The largest absolute Gasteiger partial charge is 0.399 e. The number of aromatic nitrogens is 1. The molecule has 0 aliphatic carbocycles. The number of aryl methyl sites for hydroxylation is 1. The first-order chi connectivity index (χ1) is 8.16. The van der Waals surface area contributed by atoms with Gasteiger partial charge >= 0.3 is 0 Å². The molecule has 2 rings (SSSR count). The highest BCUT2D eigenvalue weighted by Crippen LogP contribution is 2.17. The highest BCUT2D eigenvalue weighted by atomic mass is 32.2. The van der Waals surface area contributed by atoms with E-state index in [1.165, 1.54) is 0 Å². The quantitative estimate of drug-likeness (QED) is 0.845. The minimum atomic E-state index is -1.04. The van der Waals surface area contributed by atoms with Crippen LogP contribution in [0.2, 0.25) is 0 Å². The standard InChI is InChI=1S/C13H14N2OS/c1-10-8-12(2-3-13(10)14)17(16)9-11-4-6-15-7-5-11/h2-8H,9,14H2,1H3. The Hall–Kier alpha value is -1.68. The molecule has 2 aromatic rings. The summed E-state index contributed by atoms with van der Waals surface area (Å²) in [5.74, 6) is 0.506. The van der Waals surface area contributed by atoms with Gasteiger partial charge in [0, 0.05) is 23.0 Å². The molecule has 0 saturated carbocycles. The highest BCUT2D eigenvalue weighted by Gasteiger charge is 2.06. The molecule has 0 saturated heterocycles. The van der Waals surface area contributed by atoms with E-state index in [2.05, 4.69) is 4.98 Å². The van der Waals surface area contributed by atoms with E-state index in [9.17, 15) is 4.21 Å². The van der Waals surface area contributed by atoms with Crippen molar-refractivity contribution in [3.05, 3.63) is 53.9 Å². The van der Waals surface area contributed by atoms with Gasteiger partial charge in [-0.1, -0.05) is 0 Å². The zero-order valence-electron chi connectivity index (χ0n) is 9.59. The third-order valence-corrected chi connectivity index (χ3v) is 3.93. The molecule has 88 valence electrons. The van der Waals surface area contributed by atoms with Gasteiger partial charge in [-0.25, -0.2) is 0 Å². The molecular weight excluding hydrogens is 232 g/mol. The molecule has 0 amide bonds. The maximum absolute atomic E-state index is 12.1. The van der Waals surface area contributed by atoms with Gasteiger partial charge in [-0.15, -0.1) is 0 Å². The van der Waals surface area contributed by atoms with E-state index in [0.717, 1.165) is 21.7 Å². The lowest BCUT2D eigenvalue weighted by molar-refractivity contribution is 0.682. The third kappa shape index (κ3) is 2.91. The zero-order chi connectivity index (χ0) is 12.3. The van der Waals surface area contributed by atoms with E-state index in [-0.39, 0.29) is 0 Å². The molecule has 0 bridgehead atoms. The first-order valence-corrected chi connectivity index (χ1v) is 6.62. The lowest BCUT2D eigenvalue weighted by Gasteiger charge is -2.05. The summed E-state index contributed by atoms with van der Waals surface area (Å²) in [5, 5.41) is 0. The maximum Gasteiger partial charge on any atom is 0.0574 e. The fourth-order valence-corrected chi connectivity index (χ4v) is 2.69. The monoisotopic (exact) mass is 246 g/mol. The molecule has 0 aliphatic rings. The Bertz CT molecular complexity index is 540. The first-order valence-electron chi connectivity index (χ1n) is 5.30. The van der Waals surface area contributed by atoms with Gasteiger partial charge in [0.15, 0.2) is 0 Å². The Morgan fingerprint density at radius 2 is 1.94 bits per heavy atom. The van der Waals surface area contributed by atoms with Crippen LogP contribution in [0.25, 0.3) is 0 Å². The molecule has 0 fully saturated rings. The topological polar surface area (TPSA) is 56.0 Å². The van der Waals surface area contributed by atoms with Crippen LogP contribution in [0.3, 0.4) is 0 Å². The number of anilines is 1. The Morgan fingerprint density at radius 1 is 1.24 bits per heavy atom. The van der Waals surface area contributed by atoms with Crippen molar-refractivity contribution < 1.29 is 4.21 Å². The van der Waals surface area contributed by atoms with Gasteiger partial charge in [0.05, 0.1) is 16.6 Å². The molecule has 4 heteroatoms. The Morgan fingerprint density at radius 3 is 2.59 bits per heavy atom. The van der Waals surface area contributed by atoms with Crippen molar-refractivity contribution in [3.63, 3.8) is 0 Å². The van der Waals surface area contributed by atoms with Crippen molar-refractivity contribution in [2.75, 3.05) is 5.73 Å². The third-order valence-electron chi connectivity index (χ3n) is 2.55. The average molecular weight is 246 g/mol. The molecular formula is C13H14N2OS. The number of rotatable bonds is 3. The van der Waals surface area contributed by atoms with Crippen molar-refractivity contribution in [2.24, 2.45) is 0 Å². The number of nitrogens with zero attached hydrogens (tertiary/aromatic N) is 1. The van der Waals surface area contributed by atoms with Gasteiger partial charge in [-0.3, -0.25) is 9.19 Å². The van der Waals surface area contributed by atoms with Crippen LogP contribution in [0.5, 0.6) is 0 Å². The summed E-state index contributed by atoms with van der Waals surface area (Å²) in [6, 6.07) is 9.26. The van der Waals surface area contributed by atoms with Gasteiger partial charge in [0.1, 0.15) is 0 Å². The van der Waals surface area contributed by atoms with E-state index in [1.54, 1.807) is 18.5 Å². The van der Waals surface area contributed by atoms with Crippen LogP contribution < -0.4 is 5.73 Å². The van der Waals surface area contributed by atoms with Crippen LogP contribution in [-0.4, -0.2) is 9.19 Å². The summed E-state index contributed by atoms with van der Waals surface area (Å²) in [5.41, 5.74) is 8.45. The van der Waals surface area contributed by atoms with Crippen LogP contribution >= 0.6 is 0 Å². The van der Waals surface area contributed by atoms with E-state index < -0.39 is 10.8 Å². The Kier molecular flexibility index (Phi) is 3.54. The smallest absolute Gasteiger partial charge is 0.0574 e. The first kappa shape index (κ1) is 11.8. The molecule has 1 aromatic carbocycles. The summed E-state index contributed by atoms with van der Waals surface area (Å²) < 4.78 is 12.1. The average Bonchev–Trinajstić information content (AvgIpc) is 2.34. The second-order valence-electron chi connectivity index (χ2n) is 3.86. The summed E-state index contributed by atoms with van der Waals surface area (Å²) in [6.07, 6.45) is 3.42. The van der Waals surface area contributed by atoms with Gasteiger partial charge in [-0.2, -0.15) is 0 Å². The number of nitrogen functional groups attached to an aromatic ring is 1. The number of hydrogen-bond acceptors (Lipinski definition) is 3. The summed E-state index contributed by atoms with van der Waals surface area (Å²) >= 11 is 0. The fourth-order valence-electron chi connectivity index (χ4n) is 1.50. The van der Waals surface area contributed by atoms with E-state index in [1.807, 2.05) is 31.2 Å². The molecule has 1 unspecified atom stereocenters. The van der Waals surface area contributed by atoms with Gasteiger partial charge in [0.2, 0.25) is 0 Å². The van der Waals surface area contributed by atoms with Crippen molar-refractivity contribution in [3.8, 4) is 0 Å². The Labute approximate surface area is 103 Å². The molecule has 1 atom stereocenters. The second-order valence-corrected chi connectivity index (χ2v) is 5.31. The predicted octanol–water partition coefficient (Wildman–Crippen LogP) is 2.28. The minimum Gasteiger partial charge on any atom is -0.399 e. The molecule has 0 spiro atoms. The van der Waals surface area contributed by atoms with E-state index in [0.29, 0.717) is 5.75 Å². The van der Waals surface area contributed by atoms with Crippen molar-refractivity contribution in [1.29, 1.82) is 0 Å². The van der Waals surface area contributed by atoms with E-state index >= 15 is 0 Å². The van der Waals surface area contributed by atoms with Crippen molar-refractivity contribution in [2.45, 2.75) is 17.6 Å². The lowest BCUT2D eigenvalue weighted by atomic mass is 10.2. The summed E-state index contributed by atoms with van der Waals surface area (Å²) in [6.45, 7) is 1.92. The van der Waals surface area contributed by atoms with Gasteiger partial charge < -0.3 is 5.73 Å². The number of pyridine rings is 1. The molecule has 1 aromatic heterocycles. The van der Waals surface area contributed by atoms with Crippen LogP contribution in [0.4, 0.5) is 5.69 Å². The molecule has 0 aliphatic heterocycles. The molecule has 2 N–H and O–H groups in total. The number of benzene rings is 1. The molecule has 17 heavy (non-hydrogen) atoms. The van der Waals surface area contributed by atoms with Crippen LogP contribution in [0.1, 0.15) is 11.1 Å². The summed E-state index contributed by atoms with van der Waals surface area (Å²) in [7, 11) is -1.04. The lowest BCUT2D eigenvalue weighted by Crippen LogP contribution is -1.98. The number of nitrogens with two attached hydrogens (primary N) is 1. The predicted molar refractivity (Wildman–Crippen MR) is 69.9 cm³/mol. The zero-order valence-corrected chi connectivity index (χ0v) is 10.4. The van der Waals surface area contributed by atoms with Crippen LogP contribution in [-0.2, 0) is 16.6 Å². The highest BCUT2D eigenvalue weighted by molar-refractivity contribution is 7.84. The second kappa shape index (κ2) is 5.10. The number of hydrogen-bond donors (Lipinski definition) is 1. The maximum atomic E-state index is 12.1. The fraction of sp³-hybridized carbons (Fsp3) is 0.154. The van der Waals surface area contributed by atoms with Gasteiger partial charge in [0.25, 0.3) is 0 Å². The normalized spacial score (nSPS) is 12.3. The van der Waals surface area contributed by atoms with E-state index in [4.69, 9.17) is 5.73 Å². The minimum absolute atomic E-state index is 0.506. The SMILES string of the molecule is Cc1cc(S(=O)Cc2ccncc2)ccc1N. The van der Waals surface area contributed by atoms with Gasteiger partial charge in [-0.05, 0) is 48.4 Å². The van der Waals surface area contributed by atoms with Crippen LogP contribution in [0.15, 0.2) is 47.6 Å². The van der Waals surface area contributed by atoms with Crippen LogP contribution in [0, 0.1) is 6.92 Å². The molecule has 0 radical (unpaired) electrons. The Balaban J connectivity index is 2.18. The molecule has 3 nitrogen and oxygen atoms in total. The van der Waals surface area contributed by atoms with Crippen molar-refractivity contribution in [1.82, 2.24) is 4.98 Å². The van der Waals surface area contributed by atoms with Crippen molar-refractivity contribution >= 4 is 16.5 Å². The summed E-state index contributed by atoms with van der Waals surface area (Å²) in [4.78, 5) is 4.75.